The van der Waals surface area contributed by atoms with Gasteiger partial charge in [0.2, 0.25) is 6.29 Å². The number of hydrogen-bond acceptors (Lipinski definition) is 1. The number of carbonyl (C=O) groups excluding carboxylic acids is 1. The molecule has 0 aromatic carbocycles. The van der Waals surface area contributed by atoms with Crippen LogP contribution in [0.4, 0.5) is 0 Å². The summed E-state index contributed by atoms with van der Waals surface area (Å²) in [6, 6.07) is 0. The van der Waals surface area contributed by atoms with Crippen LogP contribution in [-0.2, 0) is 4.79 Å². The van der Waals surface area contributed by atoms with E-state index >= 15 is 0 Å². The predicted molar refractivity (Wildman–Crippen MR) is 20.5 cm³/mol. The highest BCUT2D eigenvalue weighted by Crippen LogP contribution is 1.71. The van der Waals surface area contributed by atoms with Crippen LogP contribution in [0.2, 0.25) is 0 Å². The van der Waals surface area contributed by atoms with Crippen LogP contribution >= 0.6 is 0 Å². The maximum Gasteiger partial charge on any atom is 0.228 e. The Balaban J connectivity index is 3.23. The molecule has 0 rings (SSSR count). The molecule has 1 heteroatoms. The maximum atomic E-state index is 9.39. The molecule has 1 radical (unpaired) electrons. The molecule has 0 amide bonds. The fourth-order valence-electron chi connectivity index (χ4n) is 0. The molecule has 1 nitrogen and oxygen atoms in total. The number of rotatable bonds is 1. The molecule has 0 heterocycles. The van der Waals surface area contributed by atoms with Crippen molar-refractivity contribution in [2.24, 2.45) is 0 Å². The van der Waals surface area contributed by atoms with Crippen LogP contribution in [0.15, 0.2) is 12.2 Å². The fourth-order valence-corrected chi connectivity index (χ4v) is 0. The first-order valence-corrected chi connectivity index (χ1v) is 1.16. The second kappa shape index (κ2) is 1.70. The van der Waals surface area contributed by atoms with Gasteiger partial charge in [-0.3, -0.25) is 4.79 Å². The molecule has 0 saturated carbocycles. The molecule has 5 heavy (non-hydrogen) atoms. The summed E-state index contributed by atoms with van der Waals surface area (Å²) in [5.41, 5.74) is 0.204. The topological polar surface area (TPSA) is 17.1 Å². The standard InChI is InChI=1S/C4H5O/c1-4(2)3-5/h1H2,2H3/i2D. The first-order chi connectivity index (χ1) is 2.81. The highest BCUT2D eigenvalue weighted by atomic mass is 16.1. The normalized spacial score (nSPS) is 9.20. The molecule has 0 aromatic heterocycles. The molecule has 0 aliphatic carbocycles. The molecule has 0 spiro atoms. The molecule has 27 valence electrons. The molecule has 0 aliphatic rings. The van der Waals surface area contributed by atoms with Gasteiger partial charge in [0.05, 0.1) is 0 Å². The smallest absolute Gasteiger partial charge is 0.228 e. The van der Waals surface area contributed by atoms with Crippen molar-refractivity contribution >= 4 is 6.29 Å². The van der Waals surface area contributed by atoms with Gasteiger partial charge >= 0.3 is 0 Å². The third-order valence-electron chi connectivity index (χ3n) is 0.144. The monoisotopic (exact) mass is 70.0 g/mol. The third kappa shape index (κ3) is 3.41. The Morgan fingerprint density at radius 1 is 2.40 bits per heavy atom. The number of hydrogen-bond donors (Lipinski definition) is 0. The Bertz CT molecular complexity index is 67.9. The third-order valence-corrected chi connectivity index (χ3v) is 0.144. The zero-order valence-electron chi connectivity index (χ0n) is 3.82. The van der Waals surface area contributed by atoms with Crippen molar-refractivity contribution in [1.82, 2.24) is 0 Å². The quantitative estimate of drug-likeness (QED) is 0.414. The summed E-state index contributed by atoms with van der Waals surface area (Å²) >= 11 is 0. The van der Waals surface area contributed by atoms with E-state index in [0.29, 0.717) is 0 Å². The highest BCUT2D eigenvalue weighted by molar-refractivity contribution is 5.71. The average molecular weight is 70.1 g/mol. The van der Waals surface area contributed by atoms with Crippen LogP contribution in [0, 0.1) is 0 Å². The first kappa shape index (κ1) is 2.64. The summed E-state index contributed by atoms with van der Waals surface area (Å²) in [7, 11) is 0. The summed E-state index contributed by atoms with van der Waals surface area (Å²) in [4.78, 5) is 9.39. The lowest BCUT2D eigenvalue weighted by molar-refractivity contribution is 0.562. The lowest BCUT2D eigenvalue weighted by Crippen LogP contribution is -1.64. The van der Waals surface area contributed by atoms with Gasteiger partial charge in [-0.2, -0.15) is 0 Å². The van der Waals surface area contributed by atoms with Crippen molar-refractivity contribution in [2.45, 2.75) is 6.90 Å². The SMILES string of the molecule is [2H]CC(=C)[C]=O. The average Bonchev–Trinajstić information content (AvgIpc) is 1.65. The minimum atomic E-state index is -0.0382. The van der Waals surface area contributed by atoms with Crippen LogP contribution in [-0.4, -0.2) is 6.29 Å². The molecule has 0 atom stereocenters. The van der Waals surface area contributed by atoms with Crippen molar-refractivity contribution in [3.63, 3.8) is 0 Å². The van der Waals surface area contributed by atoms with Gasteiger partial charge in [0.15, 0.2) is 0 Å². The Kier molecular flexibility index (Phi) is 0.898. The summed E-state index contributed by atoms with van der Waals surface area (Å²) in [6.07, 6.45) is 1.48. The maximum absolute atomic E-state index is 9.39. The second-order valence-electron chi connectivity index (χ2n) is 0.706. The minimum Gasteiger partial charge on any atom is -0.285 e. The van der Waals surface area contributed by atoms with Crippen LogP contribution in [0.5, 0.6) is 0 Å². The van der Waals surface area contributed by atoms with E-state index in [1.54, 1.807) is 0 Å². The zero-order valence-corrected chi connectivity index (χ0v) is 2.82. The Labute approximate surface area is 32.7 Å². The molecule has 0 saturated heterocycles. The van der Waals surface area contributed by atoms with Crippen molar-refractivity contribution in [3.8, 4) is 0 Å². The van der Waals surface area contributed by atoms with E-state index in [1.165, 1.54) is 6.29 Å². The summed E-state index contributed by atoms with van der Waals surface area (Å²) in [5.74, 6) is 0. The van der Waals surface area contributed by atoms with E-state index in [1.807, 2.05) is 0 Å². The highest BCUT2D eigenvalue weighted by Gasteiger charge is 1.69. The number of allylic oxidation sites excluding steroid dienone is 1. The lowest BCUT2D eigenvalue weighted by Gasteiger charge is -1.63. The minimum absolute atomic E-state index is 0.0382. The Morgan fingerprint density at radius 2 is 3.00 bits per heavy atom. The lowest BCUT2D eigenvalue weighted by atomic mass is 10.4. The van der Waals surface area contributed by atoms with Gasteiger partial charge in [-0.25, -0.2) is 0 Å². The van der Waals surface area contributed by atoms with Gasteiger partial charge in [0.1, 0.15) is 0 Å². The van der Waals surface area contributed by atoms with Crippen molar-refractivity contribution in [1.29, 1.82) is 0 Å². The molecule has 0 aliphatic heterocycles. The summed E-state index contributed by atoms with van der Waals surface area (Å²) in [5, 5.41) is 0. The molecule has 0 fully saturated rings. The van der Waals surface area contributed by atoms with Crippen molar-refractivity contribution < 1.29 is 6.17 Å². The Hall–Kier alpha value is -0.590. The molecule has 0 bridgehead atoms. The van der Waals surface area contributed by atoms with Crippen LogP contribution in [0.25, 0.3) is 0 Å². The van der Waals surface area contributed by atoms with Crippen LogP contribution < -0.4 is 0 Å². The van der Waals surface area contributed by atoms with Crippen molar-refractivity contribution in [3.05, 3.63) is 12.2 Å². The molecular weight excluding hydrogens is 64.0 g/mol. The van der Waals surface area contributed by atoms with E-state index in [9.17, 15) is 4.79 Å². The van der Waals surface area contributed by atoms with E-state index in [-0.39, 0.29) is 12.5 Å². The predicted octanol–water partition coefficient (Wildman–Crippen LogP) is 0.672. The van der Waals surface area contributed by atoms with Gasteiger partial charge in [-0.05, 0) is 12.5 Å². The molecule has 0 N–H and O–H groups in total. The van der Waals surface area contributed by atoms with E-state index < -0.39 is 0 Å². The van der Waals surface area contributed by atoms with Gasteiger partial charge in [-0.15, -0.1) is 0 Å². The summed E-state index contributed by atoms with van der Waals surface area (Å²) < 4.78 is 6.45. The van der Waals surface area contributed by atoms with Gasteiger partial charge in [0.25, 0.3) is 0 Å². The second-order valence-corrected chi connectivity index (χ2v) is 0.706. The van der Waals surface area contributed by atoms with Crippen molar-refractivity contribution in [2.75, 3.05) is 0 Å². The zero-order chi connectivity index (χ0) is 4.99. The van der Waals surface area contributed by atoms with Crippen LogP contribution in [0.3, 0.4) is 0 Å². The van der Waals surface area contributed by atoms with E-state index in [0.717, 1.165) is 0 Å². The van der Waals surface area contributed by atoms with Gasteiger partial charge < -0.3 is 0 Å². The summed E-state index contributed by atoms with van der Waals surface area (Å²) in [6.45, 7) is 3.14. The van der Waals surface area contributed by atoms with Gasteiger partial charge in [0, 0.05) is 1.37 Å². The van der Waals surface area contributed by atoms with Crippen LogP contribution in [0.1, 0.15) is 8.27 Å². The van der Waals surface area contributed by atoms with Gasteiger partial charge in [-0.1, -0.05) is 6.58 Å². The fraction of sp³-hybridized carbons (Fsp3) is 0.250. The molecule has 0 unspecified atom stereocenters. The van der Waals surface area contributed by atoms with E-state index in [2.05, 4.69) is 6.58 Å². The largest absolute Gasteiger partial charge is 0.285 e. The van der Waals surface area contributed by atoms with E-state index in [4.69, 9.17) is 1.37 Å². The Morgan fingerprint density at radius 3 is 3.00 bits per heavy atom. The molecular formula is C4H5O. The first-order valence-electron chi connectivity index (χ1n) is 1.87. The molecule has 0 aromatic rings.